The largest absolute Gasteiger partial charge is 0.480 e. The number of rotatable bonds is 19. The number of amides is 3. The van der Waals surface area contributed by atoms with Crippen LogP contribution >= 0.6 is 0 Å². The molecule has 0 spiro atoms. The highest BCUT2D eigenvalue weighted by molar-refractivity contribution is 5.90. The fraction of sp³-hybridized carbons (Fsp3) is 0.448. The van der Waals surface area contributed by atoms with Crippen LogP contribution in [-0.2, 0) is 51.1 Å². The third kappa shape index (κ3) is 17.2. The molecule has 0 bridgehead atoms. The summed E-state index contributed by atoms with van der Waals surface area (Å²) in [6.45, 7) is 10.7. The molecule has 17 heteroatoms. The topological polar surface area (TPSA) is 235 Å². The standard InChI is InChI=1S/C29H36N4O4.C20H28N2O5.C9H10N2/c1-3-37-27(34)11-14-33-13-10-24(22-7-5-4-6-8-22)17-26(33)29(36)32-20(2)28(35)31-18-21-15-23-9-12-30-19-25(23)16-21;1-3-27-18(23)10-12-22-11-9-16(15-7-5-4-6-8-15)13-17(22)19(24)21-14(2)20(25)26;10-5-7-3-8-1-2-11-6-9(8)4-7/h4-9,12,16,19-20,24,26H,3,10-11,13-15,17-18H2,1-2H3,(H,31,35)(H,32,36);4-8,14,16-17H,3,9-13H2,1-2H3,(H,21,24)(H,25,26);1-2,4,6H,3,5,10H2/t20-,24-,26+;14-,16-,17+;/m00./s1. The summed E-state index contributed by atoms with van der Waals surface area (Å²) in [5.74, 6) is -1.89. The van der Waals surface area contributed by atoms with Crippen molar-refractivity contribution in [2.45, 2.75) is 115 Å². The number of carboxylic acids is 1. The fourth-order valence-electron chi connectivity index (χ4n) is 9.93. The molecular formula is C58H74N8O9. The lowest BCUT2D eigenvalue weighted by Gasteiger charge is -2.39. The number of aromatic nitrogens is 2. The predicted octanol–water partition coefficient (Wildman–Crippen LogP) is 5.60. The van der Waals surface area contributed by atoms with Gasteiger partial charge in [0.2, 0.25) is 17.7 Å². The Balaban J connectivity index is 0.000000208. The normalized spacial score (nSPS) is 19.6. The van der Waals surface area contributed by atoms with Crippen LogP contribution in [0.25, 0.3) is 12.2 Å². The van der Waals surface area contributed by atoms with Crippen molar-refractivity contribution >= 4 is 47.8 Å². The smallest absolute Gasteiger partial charge is 0.325 e. The number of fused-ring (bicyclic) bond motifs is 2. The second-order valence-corrected chi connectivity index (χ2v) is 19.3. The molecule has 3 amide bonds. The maximum atomic E-state index is 13.4. The van der Waals surface area contributed by atoms with Crippen LogP contribution in [0.1, 0.15) is 111 Å². The number of aliphatic carboxylic acids is 1. The Morgan fingerprint density at radius 2 is 1.12 bits per heavy atom. The molecule has 0 radical (unpaired) electrons. The van der Waals surface area contributed by atoms with Gasteiger partial charge in [-0.25, -0.2) is 0 Å². The molecule has 8 rings (SSSR count). The van der Waals surface area contributed by atoms with Crippen LogP contribution in [0.15, 0.2) is 109 Å². The van der Waals surface area contributed by atoms with Crippen molar-refractivity contribution in [3.63, 3.8) is 0 Å². The number of nitrogens with one attached hydrogen (secondary N) is 3. The van der Waals surface area contributed by atoms with Crippen LogP contribution in [0.4, 0.5) is 0 Å². The molecule has 75 heavy (non-hydrogen) atoms. The third-order valence-electron chi connectivity index (χ3n) is 14.1. The second-order valence-electron chi connectivity index (χ2n) is 19.3. The number of carbonyl (C=O) groups is 6. The molecule has 2 aliphatic carbocycles. The van der Waals surface area contributed by atoms with E-state index in [0.29, 0.717) is 65.3 Å². The Bertz CT molecular complexity index is 2610. The predicted molar refractivity (Wildman–Crippen MR) is 287 cm³/mol. The third-order valence-corrected chi connectivity index (χ3v) is 14.1. The number of ether oxygens (including phenoxy) is 2. The first-order valence-electron chi connectivity index (χ1n) is 26.2. The zero-order chi connectivity index (χ0) is 53.7. The molecule has 6 N–H and O–H groups in total. The first-order chi connectivity index (χ1) is 36.3. The summed E-state index contributed by atoms with van der Waals surface area (Å²) in [5, 5.41) is 17.5. The molecule has 17 nitrogen and oxygen atoms in total. The van der Waals surface area contributed by atoms with Crippen molar-refractivity contribution in [3.8, 4) is 0 Å². The Morgan fingerprint density at radius 1 is 0.667 bits per heavy atom. The summed E-state index contributed by atoms with van der Waals surface area (Å²) < 4.78 is 10.0. The number of esters is 2. The molecule has 6 atom stereocenters. The van der Waals surface area contributed by atoms with Gasteiger partial charge in [-0.2, -0.15) is 0 Å². The van der Waals surface area contributed by atoms with Crippen molar-refractivity contribution in [2.75, 3.05) is 52.5 Å². The molecule has 2 fully saturated rings. The Kier molecular flexibility index (Phi) is 22.2. The fourth-order valence-corrected chi connectivity index (χ4v) is 9.93. The van der Waals surface area contributed by atoms with Crippen molar-refractivity contribution < 1.29 is 43.3 Å². The average Bonchev–Trinajstić information content (AvgIpc) is 4.06. The van der Waals surface area contributed by atoms with E-state index >= 15 is 0 Å². The van der Waals surface area contributed by atoms with Gasteiger partial charge in [-0.3, -0.25) is 48.5 Å². The summed E-state index contributed by atoms with van der Waals surface area (Å²) >= 11 is 0. The highest BCUT2D eigenvalue weighted by atomic mass is 16.5. The molecule has 4 heterocycles. The monoisotopic (exact) mass is 1030 g/mol. The zero-order valence-electron chi connectivity index (χ0n) is 43.7. The van der Waals surface area contributed by atoms with E-state index in [0.717, 1.165) is 36.8 Å². The lowest BCUT2D eigenvalue weighted by atomic mass is 9.84. The summed E-state index contributed by atoms with van der Waals surface area (Å²) in [7, 11) is 0. The number of carboxylic acid groups (broad SMARTS) is 1. The van der Waals surface area contributed by atoms with Crippen LogP contribution in [0, 0.1) is 0 Å². The van der Waals surface area contributed by atoms with Gasteiger partial charge in [0, 0.05) is 51.0 Å². The van der Waals surface area contributed by atoms with E-state index in [-0.39, 0.29) is 54.3 Å². The van der Waals surface area contributed by atoms with Gasteiger partial charge >= 0.3 is 17.9 Å². The van der Waals surface area contributed by atoms with E-state index in [1.165, 1.54) is 40.3 Å². The van der Waals surface area contributed by atoms with Crippen LogP contribution in [0.3, 0.4) is 0 Å². The molecule has 4 aromatic rings. The van der Waals surface area contributed by atoms with Gasteiger partial charge in [0.15, 0.2) is 0 Å². The molecule has 400 valence electrons. The molecule has 2 aromatic heterocycles. The SMILES string of the molecule is CCOC(=O)CCN1CC[C@H](c2ccccc2)C[C@@H]1C(=O)N[C@@H](C)C(=O)NCC1=Cc2cnccc2C1.CCOC(=O)CCN1CC[C@H](c2ccccc2)C[C@@H]1C(=O)N[C@@H](C)C(=O)O.NCC1=Cc2cnccc2C1. The number of pyridine rings is 2. The van der Waals surface area contributed by atoms with Gasteiger partial charge < -0.3 is 36.3 Å². The Morgan fingerprint density at radius 3 is 1.56 bits per heavy atom. The second kappa shape index (κ2) is 29.1. The number of hydrogen-bond acceptors (Lipinski definition) is 13. The maximum absolute atomic E-state index is 13.4. The molecule has 0 unspecified atom stereocenters. The van der Waals surface area contributed by atoms with Gasteiger partial charge in [0.25, 0.3) is 0 Å². The summed E-state index contributed by atoms with van der Waals surface area (Å²) in [5.41, 5.74) is 15.2. The van der Waals surface area contributed by atoms with E-state index in [1.807, 2.05) is 83.0 Å². The Labute approximate surface area is 440 Å². The van der Waals surface area contributed by atoms with E-state index in [9.17, 15) is 28.8 Å². The summed E-state index contributed by atoms with van der Waals surface area (Å²) in [6, 6.07) is 21.7. The maximum Gasteiger partial charge on any atom is 0.325 e. The van der Waals surface area contributed by atoms with Crippen molar-refractivity contribution in [1.82, 2.24) is 35.7 Å². The van der Waals surface area contributed by atoms with Gasteiger partial charge in [-0.1, -0.05) is 78.4 Å². The molecule has 0 saturated carbocycles. The van der Waals surface area contributed by atoms with Gasteiger partial charge in [0.05, 0.1) is 38.1 Å². The number of nitrogens with two attached hydrogens (primary N) is 1. The zero-order valence-corrected chi connectivity index (χ0v) is 43.7. The summed E-state index contributed by atoms with van der Waals surface area (Å²) in [4.78, 5) is 85.9. The first kappa shape index (κ1) is 57.2. The lowest BCUT2D eigenvalue weighted by Crippen LogP contribution is -2.55. The van der Waals surface area contributed by atoms with Gasteiger partial charge in [-0.05, 0) is 142 Å². The van der Waals surface area contributed by atoms with Gasteiger partial charge in [-0.15, -0.1) is 0 Å². The van der Waals surface area contributed by atoms with E-state index in [4.69, 9.17) is 20.3 Å². The molecule has 4 aliphatic rings. The minimum absolute atomic E-state index is 0.189. The molecule has 2 aliphatic heterocycles. The van der Waals surface area contributed by atoms with Crippen molar-refractivity contribution in [2.24, 2.45) is 5.73 Å². The molecule has 2 saturated heterocycles. The average molecular weight is 1030 g/mol. The Hall–Kier alpha value is -7.08. The molecule has 2 aromatic carbocycles. The number of benzene rings is 2. The van der Waals surface area contributed by atoms with Gasteiger partial charge in [0.1, 0.15) is 12.1 Å². The van der Waals surface area contributed by atoms with E-state index in [1.54, 1.807) is 27.0 Å². The van der Waals surface area contributed by atoms with Crippen LogP contribution in [-0.4, -0.2) is 137 Å². The number of piperidine rings is 2. The van der Waals surface area contributed by atoms with E-state index < -0.39 is 30.1 Å². The van der Waals surface area contributed by atoms with Crippen molar-refractivity contribution in [1.29, 1.82) is 0 Å². The van der Waals surface area contributed by atoms with Crippen LogP contribution in [0.5, 0.6) is 0 Å². The quantitative estimate of drug-likeness (QED) is 0.0720. The minimum Gasteiger partial charge on any atom is -0.480 e. The molecular weight excluding hydrogens is 953 g/mol. The minimum atomic E-state index is -1.07. The highest BCUT2D eigenvalue weighted by Gasteiger charge is 2.37. The van der Waals surface area contributed by atoms with Crippen molar-refractivity contribution in [3.05, 3.63) is 142 Å². The highest BCUT2D eigenvalue weighted by Crippen LogP contribution is 2.33. The van der Waals surface area contributed by atoms with E-state index in [2.05, 4.69) is 56.3 Å². The number of hydrogen-bond donors (Lipinski definition) is 5. The summed E-state index contributed by atoms with van der Waals surface area (Å²) in [6.07, 6.45) is 16.7. The lowest BCUT2D eigenvalue weighted by molar-refractivity contribution is -0.145. The number of carbonyl (C=O) groups excluding carboxylic acids is 5. The van der Waals surface area contributed by atoms with Crippen LogP contribution < -0.4 is 21.7 Å². The van der Waals surface area contributed by atoms with Crippen LogP contribution in [0.2, 0.25) is 0 Å². The first-order valence-corrected chi connectivity index (χ1v) is 26.2. The number of nitrogens with zero attached hydrogens (tertiary/aromatic N) is 4. The number of likely N-dealkylation sites (tertiary alicyclic amines) is 2.